The summed E-state index contributed by atoms with van der Waals surface area (Å²) in [5, 5.41) is 15.7. The van der Waals surface area contributed by atoms with Crippen molar-refractivity contribution >= 4 is 27.6 Å². The van der Waals surface area contributed by atoms with Crippen molar-refractivity contribution in [2.45, 2.75) is 4.90 Å². The molecule has 6 N–H and O–H groups in total. The zero-order valence-corrected chi connectivity index (χ0v) is 11.1. The summed E-state index contributed by atoms with van der Waals surface area (Å²) in [5.41, 5.74) is 5.29. The number of hydrogen-bond acceptors (Lipinski definition) is 6. The molecule has 0 aliphatic carbocycles. The highest BCUT2D eigenvalue weighted by Crippen LogP contribution is 2.11. The van der Waals surface area contributed by atoms with E-state index in [0.29, 0.717) is 5.69 Å². The fourth-order valence-electron chi connectivity index (χ4n) is 1.20. The van der Waals surface area contributed by atoms with Crippen molar-refractivity contribution in [3.63, 3.8) is 0 Å². The van der Waals surface area contributed by atoms with Crippen LogP contribution in [0.25, 0.3) is 0 Å². The Balaban J connectivity index is 2.42. The average Bonchev–Trinajstić information content (AvgIpc) is 2.35. The number of hydrazine groups is 1. The largest absolute Gasteiger partial charge is 0.480 e. The molecule has 1 aromatic rings. The number of anilines is 1. The van der Waals surface area contributed by atoms with Crippen LogP contribution in [-0.4, -0.2) is 38.5 Å². The van der Waals surface area contributed by atoms with Gasteiger partial charge in [-0.25, -0.2) is 13.6 Å². The predicted octanol–water partition coefficient (Wildman–Crippen LogP) is -1.55. The molecular weight excluding hydrogens is 288 g/mol. The van der Waals surface area contributed by atoms with Crippen molar-refractivity contribution in [3.8, 4) is 0 Å². The Morgan fingerprint density at radius 2 is 1.75 bits per heavy atom. The van der Waals surface area contributed by atoms with Crippen LogP contribution in [0.3, 0.4) is 0 Å². The fourth-order valence-corrected chi connectivity index (χ4v) is 1.71. The van der Waals surface area contributed by atoms with E-state index in [4.69, 9.17) is 10.2 Å². The topological polar surface area (TPSA) is 151 Å². The zero-order valence-electron chi connectivity index (χ0n) is 10.3. The van der Waals surface area contributed by atoms with E-state index in [-0.39, 0.29) is 18.0 Å². The van der Waals surface area contributed by atoms with Gasteiger partial charge in [0.25, 0.3) is 5.91 Å². The van der Waals surface area contributed by atoms with E-state index in [9.17, 15) is 18.0 Å². The molecule has 0 spiro atoms. The number of amides is 1. The smallest absolute Gasteiger partial charge is 0.317 e. The van der Waals surface area contributed by atoms with Crippen LogP contribution < -0.4 is 21.3 Å². The van der Waals surface area contributed by atoms with Gasteiger partial charge in [-0.3, -0.25) is 25.8 Å². The van der Waals surface area contributed by atoms with Crippen molar-refractivity contribution in [1.29, 1.82) is 0 Å². The molecule has 0 heterocycles. The number of carbonyl (C=O) groups is 2. The minimum atomic E-state index is -3.75. The van der Waals surface area contributed by atoms with Gasteiger partial charge in [0.15, 0.2) is 0 Å². The minimum absolute atomic E-state index is 0.0440. The lowest BCUT2D eigenvalue weighted by atomic mass is 10.3. The second-order valence-electron chi connectivity index (χ2n) is 3.74. The molecule has 0 aliphatic rings. The molecule has 1 rings (SSSR count). The Labute approximate surface area is 115 Å². The highest BCUT2D eigenvalue weighted by Gasteiger charge is 2.07. The first-order chi connectivity index (χ1) is 9.29. The van der Waals surface area contributed by atoms with Crippen LogP contribution in [0.1, 0.15) is 0 Å². The lowest BCUT2D eigenvalue weighted by molar-refractivity contribution is -0.136. The number of nitrogens with two attached hydrogens (primary N) is 1. The van der Waals surface area contributed by atoms with Crippen LogP contribution in [-0.2, 0) is 19.6 Å². The molecule has 0 fully saturated rings. The third-order valence-electron chi connectivity index (χ3n) is 2.09. The summed E-state index contributed by atoms with van der Waals surface area (Å²) in [6.45, 7) is -0.495. The molecular formula is C10H14N4O5S. The molecule has 0 saturated carbocycles. The molecule has 0 aliphatic heterocycles. The van der Waals surface area contributed by atoms with Gasteiger partial charge >= 0.3 is 5.97 Å². The molecule has 0 aromatic heterocycles. The van der Waals surface area contributed by atoms with Crippen molar-refractivity contribution < 1.29 is 23.1 Å². The Morgan fingerprint density at radius 1 is 1.15 bits per heavy atom. The van der Waals surface area contributed by atoms with Gasteiger partial charge in [0.05, 0.1) is 23.7 Å². The Bertz CT molecular complexity index is 584. The number of benzene rings is 1. The number of carbonyl (C=O) groups excluding carboxylic acids is 1. The third kappa shape index (κ3) is 5.65. The first-order valence-electron chi connectivity index (χ1n) is 5.39. The lowest BCUT2D eigenvalue weighted by Gasteiger charge is -2.09. The van der Waals surface area contributed by atoms with Crippen LogP contribution in [0.15, 0.2) is 29.2 Å². The summed E-state index contributed by atoms with van der Waals surface area (Å²) in [5.74, 6) is -1.54. The molecule has 110 valence electrons. The van der Waals surface area contributed by atoms with Gasteiger partial charge in [-0.2, -0.15) is 0 Å². The van der Waals surface area contributed by atoms with Gasteiger partial charge in [0.2, 0.25) is 10.0 Å². The first-order valence-corrected chi connectivity index (χ1v) is 6.94. The number of rotatable bonds is 7. The number of nitrogens with one attached hydrogen (secondary N) is 3. The van der Waals surface area contributed by atoms with Crippen LogP contribution in [0.4, 0.5) is 5.69 Å². The molecule has 1 amide bonds. The molecule has 20 heavy (non-hydrogen) atoms. The lowest BCUT2D eigenvalue weighted by Crippen LogP contribution is -2.38. The maximum atomic E-state index is 11.3. The average molecular weight is 302 g/mol. The van der Waals surface area contributed by atoms with Gasteiger partial charge in [-0.1, -0.05) is 0 Å². The Morgan fingerprint density at radius 3 is 2.25 bits per heavy atom. The standard InChI is InChI=1S/C10H14N4O5S/c11-20(18,19)8-3-1-7(2-4-8)13-14-9(15)5-12-6-10(16)17/h1-4,12-13H,5-6H2,(H,14,15)(H,16,17)(H2,11,18,19). The summed E-state index contributed by atoms with van der Waals surface area (Å²) < 4.78 is 22.0. The van der Waals surface area contributed by atoms with E-state index in [1.54, 1.807) is 0 Å². The molecule has 0 atom stereocenters. The first kappa shape index (κ1) is 15.9. The van der Waals surface area contributed by atoms with E-state index in [2.05, 4.69) is 16.2 Å². The fraction of sp³-hybridized carbons (Fsp3) is 0.200. The highest BCUT2D eigenvalue weighted by molar-refractivity contribution is 7.89. The number of sulfonamides is 1. The molecule has 1 aromatic carbocycles. The van der Waals surface area contributed by atoms with Crippen molar-refractivity contribution in [2.24, 2.45) is 5.14 Å². The van der Waals surface area contributed by atoms with E-state index < -0.39 is 21.9 Å². The molecule has 0 unspecified atom stereocenters. The molecule has 10 heteroatoms. The molecule has 9 nitrogen and oxygen atoms in total. The second kappa shape index (κ2) is 6.84. The number of primary sulfonamides is 1. The summed E-state index contributed by atoms with van der Waals surface area (Å²) in [6, 6.07) is 5.41. The SMILES string of the molecule is NS(=O)(=O)c1ccc(NNC(=O)CNCC(=O)O)cc1. The van der Waals surface area contributed by atoms with Gasteiger partial charge in [0, 0.05) is 0 Å². The maximum Gasteiger partial charge on any atom is 0.317 e. The van der Waals surface area contributed by atoms with Gasteiger partial charge < -0.3 is 5.11 Å². The van der Waals surface area contributed by atoms with E-state index in [0.717, 1.165) is 0 Å². The summed E-state index contributed by atoms with van der Waals surface area (Å²) in [6.07, 6.45) is 0. The van der Waals surface area contributed by atoms with E-state index in [1.165, 1.54) is 24.3 Å². The number of carboxylic acids is 1. The second-order valence-corrected chi connectivity index (χ2v) is 5.30. The van der Waals surface area contributed by atoms with Gasteiger partial charge in [-0.15, -0.1) is 0 Å². The van der Waals surface area contributed by atoms with Gasteiger partial charge in [-0.05, 0) is 24.3 Å². The quantitative estimate of drug-likeness (QED) is 0.382. The molecule has 0 bridgehead atoms. The third-order valence-corrected chi connectivity index (χ3v) is 3.02. The summed E-state index contributed by atoms with van der Waals surface area (Å²) in [7, 11) is -3.75. The number of carboxylic acid groups (broad SMARTS) is 1. The summed E-state index contributed by atoms with van der Waals surface area (Å²) >= 11 is 0. The normalized spacial score (nSPS) is 10.8. The van der Waals surface area contributed by atoms with Crippen molar-refractivity contribution in [3.05, 3.63) is 24.3 Å². The van der Waals surface area contributed by atoms with Crippen LogP contribution in [0.5, 0.6) is 0 Å². The predicted molar refractivity (Wildman–Crippen MR) is 70.1 cm³/mol. The van der Waals surface area contributed by atoms with E-state index in [1.807, 2.05) is 0 Å². The Kier molecular flexibility index (Phi) is 5.43. The minimum Gasteiger partial charge on any atom is -0.480 e. The summed E-state index contributed by atoms with van der Waals surface area (Å²) in [4.78, 5) is 21.4. The monoisotopic (exact) mass is 302 g/mol. The van der Waals surface area contributed by atoms with Crippen LogP contribution in [0.2, 0.25) is 0 Å². The van der Waals surface area contributed by atoms with Crippen LogP contribution in [0, 0.1) is 0 Å². The number of hydrogen-bond donors (Lipinski definition) is 5. The van der Waals surface area contributed by atoms with Crippen molar-refractivity contribution in [1.82, 2.24) is 10.7 Å². The van der Waals surface area contributed by atoms with E-state index >= 15 is 0 Å². The zero-order chi connectivity index (χ0) is 15.2. The number of aliphatic carboxylic acids is 1. The van der Waals surface area contributed by atoms with Crippen LogP contribution >= 0.6 is 0 Å². The van der Waals surface area contributed by atoms with Gasteiger partial charge in [0.1, 0.15) is 0 Å². The highest BCUT2D eigenvalue weighted by atomic mass is 32.2. The van der Waals surface area contributed by atoms with Crippen molar-refractivity contribution in [2.75, 3.05) is 18.5 Å². The molecule has 0 radical (unpaired) electrons. The Hall–Kier alpha value is -2.17. The molecule has 0 saturated heterocycles. The maximum absolute atomic E-state index is 11.3.